The van der Waals surface area contributed by atoms with E-state index < -0.39 is 0 Å². The van der Waals surface area contributed by atoms with Gasteiger partial charge in [-0.05, 0) is 5.56 Å². The summed E-state index contributed by atoms with van der Waals surface area (Å²) >= 11 is 0. The third-order valence-corrected chi connectivity index (χ3v) is 2.59. The van der Waals surface area contributed by atoms with Crippen molar-refractivity contribution in [3.63, 3.8) is 0 Å². The van der Waals surface area contributed by atoms with Gasteiger partial charge in [0.25, 0.3) is 0 Å². The minimum absolute atomic E-state index is 0. The zero-order valence-electron chi connectivity index (χ0n) is 10.8. The SMILES string of the molecule is COCC(C)C(=O)NCC(N)c1ccccc1.Cl. The first kappa shape index (κ1) is 16.9. The number of ether oxygens (including phenoxy) is 1. The molecule has 0 spiro atoms. The highest BCUT2D eigenvalue weighted by Gasteiger charge is 2.13. The van der Waals surface area contributed by atoms with Gasteiger partial charge in [0, 0.05) is 19.7 Å². The molecule has 0 fully saturated rings. The average molecular weight is 273 g/mol. The highest BCUT2D eigenvalue weighted by molar-refractivity contribution is 5.85. The van der Waals surface area contributed by atoms with E-state index in [1.54, 1.807) is 7.11 Å². The van der Waals surface area contributed by atoms with Gasteiger partial charge in [-0.1, -0.05) is 37.3 Å². The minimum Gasteiger partial charge on any atom is -0.384 e. The van der Waals surface area contributed by atoms with E-state index in [2.05, 4.69) is 5.32 Å². The first-order chi connectivity index (χ1) is 8.15. The van der Waals surface area contributed by atoms with Crippen LogP contribution in [0.5, 0.6) is 0 Å². The van der Waals surface area contributed by atoms with E-state index in [0.29, 0.717) is 13.2 Å². The maximum Gasteiger partial charge on any atom is 0.225 e. The molecule has 0 aliphatic carbocycles. The Hall–Kier alpha value is -1.10. The van der Waals surface area contributed by atoms with E-state index >= 15 is 0 Å². The standard InChI is InChI=1S/C13H20N2O2.ClH/c1-10(9-17-2)13(16)15-8-12(14)11-6-4-3-5-7-11;/h3-7,10,12H,8-9,14H2,1-2H3,(H,15,16);1H. The van der Waals surface area contributed by atoms with Crippen LogP contribution in [0, 0.1) is 5.92 Å². The van der Waals surface area contributed by atoms with Gasteiger partial charge in [-0.3, -0.25) is 4.79 Å². The second-order valence-electron chi connectivity index (χ2n) is 4.12. The molecule has 1 aromatic rings. The van der Waals surface area contributed by atoms with Crippen molar-refractivity contribution in [2.45, 2.75) is 13.0 Å². The van der Waals surface area contributed by atoms with Crippen molar-refractivity contribution in [3.8, 4) is 0 Å². The van der Waals surface area contributed by atoms with E-state index in [1.807, 2.05) is 37.3 Å². The third kappa shape index (κ3) is 5.49. The number of rotatable bonds is 6. The number of hydrogen-bond acceptors (Lipinski definition) is 3. The second-order valence-corrected chi connectivity index (χ2v) is 4.12. The van der Waals surface area contributed by atoms with Crippen LogP contribution in [-0.4, -0.2) is 26.2 Å². The summed E-state index contributed by atoms with van der Waals surface area (Å²) in [7, 11) is 1.58. The van der Waals surface area contributed by atoms with Crippen LogP contribution in [0.3, 0.4) is 0 Å². The molecule has 0 bridgehead atoms. The highest BCUT2D eigenvalue weighted by atomic mass is 35.5. The summed E-state index contributed by atoms with van der Waals surface area (Å²) < 4.78 is 4.92. The number of carbonyl (C=O) groups excluding carboxylic acids is 1. The molecule has 1 aromatic carbocycles. The summed E-state index contributed by atoms with van der Waals surface area (Å²) in [6.07, 6.45) is 0. The number of amides is 1. The molecule has 102 valence electrons. The Morgan fingerprint density at radius 2 is 2.00 bits per heavy atom. The number of methoxy groups -OCH3 is 1. The zero-order chi connectivity index (χ0) is 12.7. The van der Waals surface area contributed by atoms with Gasteiger partial charge in [0.1, 0.15) is 0 Å². The lowest BCUT2D eigenvalue weighted by Crippen LogP contribution is -2.36. The quantitative estimate of drug-likeness (QED) is 0.825. The van der Waals surface area contributed by atoms with Gasteiger partial charge in [-0.15, -0.1) is 12.4 Å². The number of nitrogens with one attached hydrogen (secondary N) is 1. The molecule has 1 rings (SSSR count). The van der Waals surface area contributed by atoms with Gasteiger partial charge in [0.2, 0.25) is 5.91 Å². The summed E-state index contributed by atoms with van der Waals surface area (Å²) in [6, 6.07) is 9.55. The van der Waals surface area contributed by atoms with Crippen LogP contribution >= 0.6 is 12.4 Å². The average Bonchev–Trinajstić information content (AvgIpc) is 2.36. The van der Waals surface area contributed by atoms with Crippen LogP contribution in [0.2, 0.25) is 0 Å². The molecular weight excluding hydrogens is 252 g/mol. The van der Waals surface area contributed by atoms with Crippen molar-refractivity contribution in [1.29, 1.82) is 0 Å². The molecule has 0 saturated carbocycles. The molecule has 0 saturated heterocycles. The Morgan fingerprint density at radius 3 is 2.56 bits per heavy atom. The molecule has 0 aromatic heterocycles. The fourth-order valence-corrected chi connectivity index (χ4v) is 1.53. The summed E-state index contributed by atoms with van der Waals surface area (Å²) in [5.41, 5.74) is 6.99. The molecule has 1 amide bonds. The number of hydrogen-bond donors (Lipinski definition) is 2. The molecule has 3 N–H and O–H groups in total. The van der Waals surface area contributed by atoms with Crippen molar-refractivity contribution in [1.82, 2.24) is 5.32 Å². The minimum atomic E-state index is -0.171. The number of benzene rings is 1. The molecule has 0 aliphatic rings. The van der Waals surface area contributed by atoms with Crippen molar-refractivity contribution in [3.05, 3.63) is 35.9 Å². The lowest BCUT2D eigenvalue weighted by molar-refractivity contribution is -0.126. The van der Waals surface area contributed by atoms with Crippen LogP contribution in [-0.2, 0) is 9.53 Å². The third-order valence-electron chi connectivity index (χ3n) is 2.59. The van der Waals surface area contributed by atoms with Crippen LogP contribution < -0.4 is 11.1 Å². The van der Waals surface area contributed by atoms with Gasteiger partial charge in [-0.2, -0.15) is 0 Å². The maximum atomic E-state index is 11.6. The van der Waals surface area contributed by atoms with E-state index in [9.17, 15) is 4.79 Å². The topological polar surface area (TPSA) is 64.3 Å². The van der Waals surface area contributed by atoms with E-state index in [0.717, 1.165) is 5.56 Å². The molecule has 0 aliphatic heterocycles. The van der Waals surface area contributed by atoms with Crippen molar-refractivity contribution < 1.29 is 9.53 Å². The summed E-state index contributed by atoms with van der Waals surface area (Å²) in [6.45, 7) is 2.69. The van der Waals surface area contributed by atoms with Crippen molar-refractivity contribution in [2.75, 3.05) is 20.3 Å². The highest BCUT2D eigenvalue weighted by Crippen LogP contribution is 2.08. The van der Waals surface area contributed by atoms with Crippen LogP contribution in [0.15, 0.2) is 30.3 Å². The van der Waals surface area contributed by atoms with Gasteiger partial charge in [-0.25, -0.2) is 0 Å². The Bertz CT molecular complexity index is 346. The summed E-state index contributed by atoms with van der Waals surface area (Å²) in [5.74, 6) is -0.179. The summed E-state index contributed by atoms with van der Waals surface area (Å²) in [5, 5.41) is 2.82. The molecular formula is C13H21ClN2O2. The predicted molar refractivity (Wildman–Crippen MR) is 74.7 cm³/mol. The molecule has 4 nitrogen and oxygen atoms in total. The Balaban J connectivity index is 0.00000289. The zero-order valence-corrected chi connectivity index (χ0v) is 11.6. The molecule has 0 radical (unpaired) electrons. The van der Waals surface area contributed by atoms with Gasteiger partial charge in [0.15, 0.2) is 0 Å². The van der Waals surface area contributed by atoms with E-state index in [-0.39, 0.29) is 30.3 Å². The second kappa shape index (κ2) is 8.91. The van der Waals surface area contributed by atoms with Gasteiger partial charge in [0.05, 0.1) is 12.5 Å². The number of nitrogens with two attached hydrogens (primary N) is 1. The van der Waals surface area contributed by atoms with Gasteiger partial charge >= 0.3 is 0 Å². The first-order valence-electron chi connectivity index (χ1n) is 5.72. The van der Waals surface area contributed by atoms with Crippen LogP contribution in [0.4, 0.5) is 0 Å². The molecule has 18 heavy (non-hydrogen) atoms. The van der Waals surface area contributed by atoms with E-state index in [4.69, 9.17) is 10.5 Å². The van der Waals surface area contributed by atoms with E-state index in [1.165, 1.54) is 0 Å². The fourth-order valence-electron chi connectivity index (χ4n) is 1.53. The first-order valence-corrected chi connectivity index (χ1v) is 5.72. The predicted octanol–water partition coefficient (Wildman–Crippen LogP) is 1.51. The van der Waals surface area contributed by atoms with Crippen molar-refractivity contribution in [2.24, 2.45) is 11.7 Å². The lowest BCUT2D eigenvalue weighted by atomic mass is 10.1. The monoisotopic (exact) mass is 272 g/mol. The Morgan fingerprint density at radius 1 is 1.39 bits per heavy atom. The Kier molecular flexibility index (Phi) is 8.37. The molecule has 2 unspecified atom stereocenters. The van der Waals surface area contributed by atoms with Crippen LogP contribution in [0.25, 0.3) is 0 Å². The maximum absolute atomic E-state index is 11.6. The summed E-state index contributed by atoms with van der Waals surface area (Å²) in [4.78, 5) is 11.6. The fraction of sp³-hybridized carbons (Fsp3) is 0.462. The number of carbonyl (C=O) groups is 1. The normalized spacial score (nSPS) is 13.3. The largest absolute Gasteiger partial charge is 0.384 e. The lowest BCUT2D eigenvalue weighted by Gasteiger charge is -2.15. The molecule has 0 heterocycles. The Labute approximate surface area is 114 Å². The van der Waals surface area contributed by atoms with Crippen molar-refractivity contribution >= 4 is 18.3 Å². The molecule has 5 heteroatoms. The molecule has 2 atom stereocenters. The van der Waals surface area contributed by atoms with Gasteiger partial charge < -0.3 is 15.8 Å². The smallest absolute Gasteiger partial charge is 0.225 e. The number of halogens is 1. The van der Waals surface area contributed by atoms with Crippen LogP contribution in [0.1, 0.15) is 18.5 Å².